The maximum Gasteiger partial charge on any atom is 0.238 e. The van der Waals surface area contributed by atoms with Crippen LogP contribution in [0.2, 0.25) is 10.0 Å². The third-order valence-electron chi connectivity index (χ3n) is 3.50. The molecule has 1 aromatic rings. The van der Waals surface area contributed by atoms with Crippen LogP contribution in [0.5, 0.6) is 0 Å². The number of likely N-dealkylation sites (tertiary alicyclic amines) is 1. The minimum Gasteiger partial charge on any atom is -0.396 e. The largest absolute Gasteiger partial charge is 0.396 e. The molecule has 1 saturated heterocycles. The number of carbonyl (C=O) groups excluding carboxylic acids is 1. The lowest BCUT2D eigenvalue weighted by Crippen LogP contribution is -2.31. The molecule has 1 heterocycles. The second-order valence-corrected chi connectivity index (χ2v) is 5.84. The van der Waals surface area contributed by atoms with E-state index in [2.05, 4.69) is 10.2 Å². The molecule has 6 heteroatoms. The molecular weight excluding hydrogens is 299 g/mol. The van der Waals surface area contributed by atoms with Gasteiger partial charge < -0.3 is 10.4 Å². The molecule has 110 valence electrons. The molecule has 1 unspecified atom stereocenters. The van der Waals surface area contributed by atoms with Crippen molar-refractivity contribution in [2.45, 2.75) is 12.8 Å². The van der Waals surface area contributed by atoms with Crippen molar-refractivity contribution in [1.29, 1.82) is 0 Å². The van der Waals surface area contributed by atoms with Gasteiger partial charge in [-0.05, 0) is 37.4 Å². The Kier molecular flexibility index (Phi) is 5.66. The number of rotatable bonds is 5. The van der Waals surface area contributed by atoms with Gasteiger partial charge in [-0.25, -0.2) is 0 Å². The summed E-state index contributed by atoms with van der Waals surface area (Å²) in [5, 5.41) is 12.5. The number of benzene rings is 1. The van der Waals surface area contributed by atoms with Gasteiger partial charge in [-0.2, -0.15) is 0 Å². The number of anilines is 1. The number of hydrogen-bond acceptors (Lipinski definition) is 3. The van der Waals surface area contributed by atoms with Crippen molar-refractivity contribution in [3.8, 4) is 0 Å². The fourth-order valence-corrected chi connectivity index (χ4v) is 2.82. The van der Waals surface area contributed by atoms with Crippen LogP contribution in [0.15, 0.2) is 18.2 Å². The molecule has 1 amide bonds. The summed E-state index contributed by atoms with van der Waals surface area (Å²) in [6.45, 7) is 2.30. The lowest BCUT2D eigenvalue weighted by atomic mass is 10.1. The van der Waals surface area contributed by atoms with Crippen molar-refractivity contribution in [2.24, 2.45) is 5.92 Å². The van der Waals surface area contributed by atoms with Crippen molar-refractivity contribution < 1.29 is 9.90 Å². The molecule has 20 heavy (non-hydrogen) atoms. The Morgan fingerprint density at radius 1 is 1.45 bits per heavy atom. The fraction of sp³-hybridized carbons (Fsp3) is 0.500. The Balaban J connectivity index is 1.86. The maximum atomic E-state index is 12.0. The summed E-state index contributed by atoms with van der Waals surface area (Å²) in [6, 6.07) is 5.15. The van der Waals surface area contributed by atoms with Crippen molar-refractivity contribution in [3.63, 3.8) is 0 Å². The van der Waals surface area contributed by atoms with Crippen molar-refractivity contribution in [1.82, 2.24) is 4.90 Å². The molecule has 2 N–H and O–H groups in total. The Hall–Kier alpha value is -0.810. The summed E-state index contributed by atoms with van der Waals surface area (Å²) in [5.74, 6) is 0.390. The number of halogens is 2. The average Bonchev–Trinajstić information content (AvgIpc) is 2.83. The predicted octanol–water partition coefficient (Wildman–Crippen LogP) is 2.64. The van der Waals surface area contributed by atoms with Crippen LogP contribution in [0.4, 0.5) is 5.69 Å². The number of hydrogen-bond donors (Lipinski definition) is 2. The number of nitrogens with one attached hydrogen (secondary N) is 1. The van der Waals surface area contributed by atoms with Crippen LogP contribution < -0.4 is 5.32 Å². The molecule has 1 aliphatic rings. The van der Waals surface area contributed by atoms with Gasteiger partial charge in [0.25, 0.3) is 0 Å². The predicted molar refractivity (Wildman–Crippen MR) is 81.3 cm³/mol. The quantitative estimate of drug-likeness (QED) is 0.878. The van der Waals surface area contributed by atoms with E-state index in [-0.39, 0.29) is 12.5 Å². The molecule has 0 radical (unpaired) electrons. The van der Waals surface area contributed by atoms with Crippen LogP contribution in [0, 0.1) is 5.92 Å². The highest BCUT2D eigenvalue weighted by Gasteiger charge is 2.23. The first kappa shape index (κ1) is 15.6. The lowest BCUT2D eigenvalue weighted by molar-refractivity contribution is -0.117. The second kappa shape index (κ2) is 7.27. The number of amides is 1. The molecule has 0 spiro atoms. The van der Waals surface area contributed by atoms with Gasteiger partial charge in [0.2, 0.25) is 5.91 Å². The second-order valence-electron chi connectivity index (χ2n) is 5.05. The van der Waals surface area contributed by atoms with E-state index in [1.807, 2.05) is 0 Å². The minimum absolute atomic E-state index is 0.0983. The number of aliphatic hydroxyl groups excluding tert-OH is 1. The van der Waals surface area contributed by atoms with E-state index in [0.29, 0.717) is 28.2 Å². The van der Waals surface area contributed by atoms with Crippen molar-refractivity contribution >= 4 is 34.8 Å². The average molecular weight is 317 g/mol. The first-order chi connectivity index (χ1) is 9.60. The zero-order valence-electron chi connectivity index (χ0n) is 11.1. The van der Waals surface area contributed by atoms with Gasteiger partial charge in [-0.1, -0.05) is 29.3 Å². The van der Waals surface area contributed by atoms with E-state index in [1.165, 1.54) is 0 Å². The summed E-state index contributed by atoms with van der Waals surface area (Å²) in [7, 11) is 0. The number of nitrogens with zero attached hydrogens (tertiary/aromatic N) is 1. The molecule has 0 aliphatic carbocycles. The van der Waals surface area contributed by atoms with E-state index < -0.39 is 0 Å². The van der Waals surface area contributed by atoms with Crippen molar-refractivity contribution in [2.75, 3.05) is 31.6 Å². The third-order valence-corrected chi connectivity index (χ3v) is 4.32. The summed E-state index contributed by atoms with van der Waals surface area (Å²) < 4.78 is 0. The smallest absolute Gasteiger partial charge is 0.238 e. The van der Waals surface area contributed by atoms with Gasteiger partial charge >= 0.3 is 0 Å². The van der Waals surface area contributed by atoms with Gasteiger partial charge in [0.05, 0.1) is 22.3 Å². The van der Waals surface area contributed by atoms with Gasteiger partial charge in [0.1, 0.15) is 0 Å². The SMILES string of the molecule is O=C(CN1CCC(CCO)C1)Nc1cccc(Cl)c1Cl. The zero-order chi connectivity index (χ0) is 14.5. The number of aliphatic hydroxyl groups is 1. The number of carbonyl (C=O) groups is 1. The van der Waals surface area contributed by atoms with E-state index in [1.54, 1.807) is 18.2 Å². The molecule has 0 saturated carbocycles. The molecule has 1 fully saturated rings. The highest BCUT2D eigenvalue weighted by atomic mass is 35.5. The van der Waals surface area contributed by atoms with Gasteiger partial charge in [0.15, 0.2) is 0 Å². The molecular formula is C14H18Cl2N2O2. The normalized spacial score (nSPS) is 19.2. The minimum atomic E-state index is -0.0983. The van der Waals surface area contributed by atoms with E-state index in [0.717, 1.165) is 25.9 Å². The topological polar surface area (TPSA) is 52.6 Å². The zero-order valence-corrected chi connectivity index (χ0v) is 12.6. The standard InChI is InChI=1S/C14H18Cl2N2O2/c15-11-2-1-3-12(14(11)16)17-13(20)9-18-6-4-10(8-18)5-7-19/h1-3,10,19H,4-9H2,(H,17,20). The molecule has 1 atom stereocenters. The third kappa shape index (κ3) is 4.09. The van der Waals surface area contributed by atoms with E-state index >= 15 is 0 Å². The Bertz CT molecular complexity index is 482. The monoisotopic (exact) mass is 316 g/mol. The molecule has 0 aromatic heterocycles. The van der Waals surface area contributed by atoms with Crippen LogP contribution in [-0.2, 0) is 4.79 Å². The summed E-state index contributed by atoms with van der Waals surface area (Å²) in [5.41, 5.74) is 0.537. The molecule has 2 rings (SSSR count). The lowest BCUT2D eigenvalue weighted by Gasteiger charge is -2.16. The molecule has 0 bridgehead atoms. The first-order valence-corrected chi connectivity index (χ1v) is 7.43. The van der Waals surface area contributed by atoms with Crippen LogP contribution in [0.3, 0.4) is 0 Å². The van der Waals surface area contributed by atoms with Gasteiger partial charge in [-0.3, -0.25) is 9.69 Å². The highest BCUT2D eigenvalue weighted by Crippen LogP contribution is 2.29. The Morgan fingerprint density at radius 3 is 3.00 bits per heavy atom. The molecule has 1 aromatic carbocycles. The molecule has 4 nitrogen and oxygen atoms in total. The van der Waals surface area contributed by atoms with Crippen LogP contribution in [-0.4, -0.2) is 42.2 Å². The van der Waals surface area contributed by atoms with Gasteiger partial charge in [-0.15, -0.1) is 0 Å². The first-order valence-electron chi connectivity index (χ1n) is 6.67. The summed E-state index contributed by atoms with van der Waals surface area (Å²) >= 11 is 11.9. The van der Waals surface area contributed by atoms with Crippen molar-refractivity contribution in [3.05, 3.63) is 28.2 Å². The summed E-state index contributed by atoms with van der Waals surface area (Å²) in [6.07, 6.45) is 1.84. The van der Waals surface area contributed by atoms with Crippen LogP contribution in [0.25, 0.3) is 0 Å². The summed E-state index contributed by atoms with van der Waals surface area (Å²) in [4.78, 5) is 14.1. The molecule has 1 aliphatic heterocycles. The fourth-order valence-electron chi connectivity index (χ4n) is 2.47. The van der Waals surface area contributed by atoms with Crippen LogP contribution >= 0.6 is 23.2 Å². The Labute approximate surface area is 128 Å². The van der Waals surface area contributed by atoms with Gasteiger partial charge in [0, 0.05) is 13.2 Å². The maximum absolute atomic E-state index is 12.0. The van der Waals surface area contributed by atoms with E-state index in [4.69, 9.17) is 28.3 Å². The van der Waals surface area contributed by atoms with Crippen LogP contribution in [0.1, 0.15) is 12.8 Å². The van der Waals surface area contributed by atoms with E-state index in [9.17, 15) is 4.79 Å². The Morgan fingerprint density at radius 2 is 2.25 bits per heavy atom. The highest BCUT2D eigenvalue weighted by molar-refractivity contribution is 6.43.